The van der Waals surface area contributed by atoms with E-state index < -0.39 is 0 Å². The highest BCUT2D eigenvalue weighted by Crippen LogP contribution is 2.30. The number of aryl methyl sites for hydroxylation is 1. The maximum atomic E-state index is 13.0. The topological polar surface area (TPSA) is 97.7 Å². The molecule has 2 N–H and O–H groups in total. The number of rotatable bonds is 5. The number of hydrogen-bond acceptors (Lipinski definition) is 5. The molecule has 1 amide bonds. The summed E-state index contributed by atoms with van der Waals surface area (Å²) < 4.78 is 12.5. The van der Waals surface area contributed by atoms with Crippen molar-refractivity contribution >= 4 is 23.0 Å². The minimum Gasteiger partial charge on any atom is -0.496 e. The van der Waals surface area contributed by atoms with Crippen LogP contribution < -0.4 is 15.6 Å². The SMILES string of the molecule is COc1cc(C)[nH]c(=O)c1CNC(=O)c1cc(Cl)cc2c(C3CCOCC3)ncn12. The van der Waals surface area contributed by atoms with Crippen molar-refractivity contribution < 1.29 is 14.3 Å². The van der Waals surface area contributed by atoms with Crippen molar-refractivity contribution in [1.82, 2.24) is 19.7 Å². The zero-order chi connectivity index (χ0) is 21.3. The molecule has 1 saturated heterocycles. The lowest BCUT2D eigenvalue weighted by Crippen LogP contribution is -2.28. The first-order valence-corrected chi connectivity index (χ1v) is 10.1. The van der Waals surface area contributed by atoms with Crippen molar-refractivity contribution in [2.45, 2.75) is 32.2 Å². The Morgan fingerprint density at radius 1 is 1.37 bits per heavy atom. The molecule has 3 aromatic heterocycles. The lowest BCUT2D eigenvalue weighted by molar-refractivity contribution is 0.0848. The molecule has 4 heterocycles. The maximum Gasteiger partial charge on any atom is 0.268 e. The third-order valence-electron chi connectivity index (χ3n) is 5.36. The highest BCUT2D eigenvalue weighted by molar-refractivity contribution is 6.31. The van der Waals surface area contributed by atoms with E-state index in [4.69, 9.17) is 21.1 Å². The number of aromatic nitrogens is 3. The summed E-state index contributed by atoms with van der Waals surface area (Å²) in [6, 6.07) is 5.14. The first kappa shape index (κ1) is 20.4. The molecule has 0 atom stereocenters. The standard InChI is InChI=1S/C21H23ClN4O4/c1-12-7-18(29-2)15(20(27)25-12)10-23-21(28)17-9-14(22)8-16-19(24-11-26(16)17)13-3-5-30-6-4-13/h7-9,11,13H,3-6,10H2,1-2H3,(H,23,28)(H,25,27). The second kappa shape index (κ2) is 8.49. The summed E-state index contributed by atoms with van der Waals surface area (Å²) in [7, 11) is 1.49. The van der Waals surface area contributed by atoms with Gasteiger partial charge in [0.15, 0.2) is 0 Å². The Morgan fingerprint density at radius 2 is 2.13 bits per heavy atom. The fourth-order valence-corrected chi connectivity index (χ4v) is 4.04. The number of ether oxygens (including phenoxy) is 2. The van der Waals surface area contributed by atoms with Crippen LogP contribution in [0, 0.1) is 6.92 Å². The first-order chi connectivity index (χ1) is 14.5. The van der Waals surface area contributed by atoms with Crippen LogP contribution in [0.25, 0.3) is 5.52 Å². The fraction of sp³-hybridized carbons (Fsp3) is 0.381. The molecule has 1 fully saturated rings. The number of aromatic amines is 1. The van der Waals surface area contributed by atoms with Gasteiger partial charge in [-0.3, -0.25) is 14.0 Å². The van der Waals surface area contributed by atoms with Crippen LogP contribution in [0.3, 0.4) is 0 Å². The van der Waals surface area contributed by atoms with E-state index in [9.17, 15) is 9.59 Å². The highest BCUT2D eigenvalue weighted by Gasteiger charge is 2.23. The monoisotopic (exact) mass is 430 g/mol. The van der Waals surface area contributed by atoms with Crippen LogP contribution >= 0.6 is 11.6 Å². The number of fused-ring (bicyclic) bond motifs is 1. The number of hydrogen-bond donors (Lipinski definition) is 2. The Balaban J connectivity index is 1.63. The van der Waals surface area contributed by atoms with Crippen molar-refractivity contribution in [3.05, 3.63) is 62.5 Å². The Labute approximate surface area is 178 Å². The number of nitrogens with zero attached hydrogens (tertiary/aromatic N) is 2. The van der Waals surface area contributed by atoms with Gasteiger partial charge in [0.2, 0.25) is 0 Å². The predicted octanol–water partition coefficient (Wildman–Crippen LogP) is 2.82. The number of methoxy groups -OCH3 is 1. The Kier molecular flexibility index (Phi) is 5.78. The van der Waals surface area contributed by atoms with Gasteiger partial charge in [-0.2, -0.15) is 0 Å². The number of H-pyrrole nitrogens is 1. The second-order valence-corrected chi connectivity index (χ2v) is 7.78. The smallest absolute Gasteiger partial charge is 0.268 e. The fourth-order valence-electron chi connectivity index (χ4n) is 3.84. The van der Waals surface area contributed by atoms with Crippen LogP contribution in [0.4, 0.5) is 0 Å². The van der Waals surface area contributed by atoms with Crippen LogP contribution in [0.15, 0.2) is 29.3 Å². The average molecular weight is 431 g/mol. The number of halogens is 1. The Bertz CT molecular complexity index is 1150. The maximum absolute atomic E-state index is 13.0. The Morgan fingerprint density at radius 3 is 2.87 bits per heavy atom. The van der Waals surface area contributed by atoms with Gasteiger partial charge in [-0.1, -0.05) is 11.6 Å². The normalized spacial score (nSPS) is 14.8. The zero-order valence-corrected chi connectivity index (χ0v) is 17.6. The number of carbonyl (C=O) groups excluding carboxylic acids is 1. The van der Waals surface area contributed by atoms with E-state index in [1.807, 2.05) is 6.07 Å². The molecule has 3 aromatic rings. The molecule has 0 radical (unpaired) electrons. The summed E-state index contributed by atoms with van der Waals surface area (Å²) in [4.78, 5) is 32.5. The van der Waals surface area contributed by atoms with Crippen molar-refractivity contribution in [2.24, 2.45) is 0 Å². The van der Waals surface area contributed by atoms with Crippen molar-refractivity contribution in [2.75, 3.05) is 20.3 Å². The van der Waals surface area contributed by atoms with Gasteiger partial charge in [0.05, 0.1) is 30.4 Å². The van der Waals surface area contributed by atoms with E-state index in [-0.39, 0.29) is 23.9 Å². The molecule has 30 heavy (non-hydrogen) atoms. The molecule has 0 spiro atoms. The highest BCUT2D eigenvalue weighted by atomic mass is 35.5. The van der Waals surface area contributed by atoms with Crippen LogP contribution in [0.5, 0.6) is 5.75 Å². The summed E-state index contributed by atoms with van der Waals surface area (Å²) in [5.74, 6) is 0.339. The van der Waals surface area contributed by atoms with Crippen molar-refractivity contribution in [3.8, 4) is 5.75 Å². The molecule has 0 bridgehead atoms. The molecule has 9 heteroatoms. The molecular formula is C21H23ClN4O4. The summed E-state index contributed by atoms with van der Waals surface area (Å²) in [6.07, 6.45) is 3.41. The molecule has 0 aromatic carbocycles. The lowest BCUT2D eigenvalue weighted by Gasteiger charge is -2.20. The molecule has 1 aliphatic heterocycles. The number of pyridine rings is 2. The van der Waals surface area contributed by atoms with E-state index >= 15 is 0 Å². The van der Waals surface area contributed by atoms with Gasteiger partial charge in [-0.05, 0) is 38.0 Å². The van der Waals surface area contributed by atoms with Crippen LogP contribution in [0.1, 0.15) is 46.2 Å². The van der Waals surface area contributed by atoms with Crippen LogP contribution in [0.2, 0.25) is 5.02 Å². The van der Waals surface area contributed by atoms with E-state index in [1.54, 1.807) is 29.8 Å². The molecule has 0 aliphatic carbocycles. The number of imidazole rings is 1. The van der Waals surface area contributed by atoms with E-state index in [0.29, 0.717) is 40.9 Å². The van der Waals surface area contributed by atoms with Gasteiger partial charge in [-0.25, -0.2) is 4.98 Å². The molecule has 0 unspecified atom stereocenters. The van der Waals surface area contributed by atoms with Crippen LogP contribution in [-0.2, 0) is 11.3 Å². The summed E-state index contributed by atoms with van der Waals surface area (Å²) >= 11 is 6.32. The first-order valence-electron chi connectivity index (χ1n) is 9.77. The molecule has 0 saturated carbocycles. The predicted molar refractivity (Wildman–Crippen MR) is 113 cm³/mol. The minimum absolute atomic E-state index is 0.0210. The molecular weight excluding hydrogens is 408 g/mol. The van der Waals surface area contributed by atoms with E-state index in [1.165, 1.54) is 7.11 Å². The lowest BCUT2D eigenvalue weighted by atomic mass is 9.96. The summed E-state index contributed by atoms with van der Waals surface area (Å²) in [5.41, 5.74) is 2.82. The third-order valence-corrected chi connectivity index (χ3v) is 5.58. The third kappa shape index (κ3) is 3.93. The quantitative estimate of drug-likeness (QED) is 0.648. The van der Waals surface area contributed by atoms with E-state index in [0.717, 1.165) is 24.1 Å². The summed E-state index contributed by atoms with van der Waals surface area (Å²) in [6.45, 7) is 3.19. The van der Waals surface area contributed by atoms with Gasteiger partial charge in [0.1, 0.15) is 17.8 Å². The molecule has 8 nitrogen and oxygen atoms in total. The number of carbonyl (C=O) groups is 1. The van der Waals surface area contributed by atoms with Gasteiger partial charge >= 0.3 is 0 Å². The van der Waals surface area contributed by atoms with Gasteiger partial charge in [0.25, 0.3) is 11.5 Å². The average Bonchev–Trinajstić information content (AvgIpc) is 3.16. The van der Waals surface area contributed by atoms with E-state index in [2.05, 4.69) is 15.3 Å². The van der Waals surface area contributed by atoms with Gasteiger partial charge in [0, 0.05) is 29.8 Å². The largest absolute Gasteiger partial charge is 0.496 e. The molecule has 4 rings (SSSR count). The van der Waals surface area contributed by atoms with Crippen LogP contribution in [-0.4, -0.2) is 40.6 Å². The zero-order valence-electron chi connectivity index (χ0n) is 16.8. The number of nitrogens with one attached hydrogen (secondary N) is 2. The number of amides is 1. The van der Waals surface area contributed by atoms with Gasteiger partial charge in [-0.15, -0.1) is 0 Å². The van der Waals surface area contributed by atoms with Crippen molar-refractivity contribution in [3.63, 3.8) is 0 Å². The summed E-state index contributed by atoms with van der Waals surface area (Å²) in [5, 5.41) is 3.24. The molecule has 1 aliphatic rings. The van der Waals surface area contributed by atoms with Crippen molar-refractivity contribution in [1.29, 1.82) is 0 Å². The molecule has 158 valence electrons. The minimum atomic E-state index is -0.361. The second-order valence-electron chi connectivity index (χ2n) is 7.34. The Hall–Kier alpha value is -2.84. The van der Waals surface area contributed by atoms with Gasteiger partial charge < -0.3 is 19.8 Å².